The first-order chi connectivity index (χ1) is 14.5. The van der Waals surface area contributed by atoms with Gasteiger partial charge in [-0.05, 0) is 12.1 Å². The molecule has 30 heavy (non-hydrogen) atoms. The summed E-state index contributed by atoms with van der Waals surface area (Å²) in [5.74, 6) is -0.652. The fourth-order valence-corrected chi connectivity index (χ4v) is 3.13. The van der Waals surface area contributed by atoms with Crippen molar-refractivity contribution in [3.05, 3.63) is 51.9 Å². The lowest BCUT2D eigenvalue weighted by Crippen LogP contribution is -2.42. The molecule has 160 valence electrons. The van der Waals surface area contributed by atoms with Crippen LogP contribution < -0.4 is 15.8 Å². The van der Waals surface area contributed by atoms with Crippen LogP contribution in [0.4, 0.5) is 11.6 Å². The van der Waals surface area contributed by atoms with Crippen molar-refractivity contribution in [2.75, 3.05) is 50.7 Å². The maximum absolute atomic E-state index is 12.7. The molecule has 1 aliphatic heterocycles. The van der Waals surface area contributed by atoms with E-state index in [0.29, 0.717) is 43.6 Å². The van der Waals surface area contributed by atoms with Crippen LogP contribution >= 0.6 is 0 Å². The highest BCUT2D eigenvalue weighted by Gasteiger charge is 2.21. The summed E-state index contributed by atoms with van der Waals surface area (Å²) in [7, 11) is 2.79. The molecule has 0 bridgehead atoms. The number of benzene rings is 1. The Kier molecular flexibility index (Phi) is 7.15. The Hall–Kier alpha value is -3.24. The van der Waals surface area contributed by atoms with Crippen LogP contribution in [0.25, 0.3) is 0 Å². The zero-order chi connectivity index (χ0) is 21.5. The molecule has 0 unspecified atom stereocenters. The molecule has 3 rings (SSSR count). The highest BCUT2D eigenvalue weighted by molar-refractivity contribution is 6.01. The number of hydrogen-bond acceptors (Lipinski definition) is 8. The summed E-state index contributed by atoms with van der Waals surface area (Å²) < 4.78 is 16.5. The lowest BCUT2D eigenvalue weighted by Gasteiger charge is -2.29. The molecular weight excluding hydrogens is 392 g/mol. The Labute approximate surface area is 173 Å². The summed E-state index contributed by atoms with van der Waals surface area (Å²) in [5, 5.41) is 2.68. The second-order valence-electron chi connectivity index (χ2n) is 6.59. The van der Waals surface area contributed by atoms with Crippen molar-refractivity contribution in [3.63, 3.8) is 0 Å². The maximum Gasteiger partial charge on any atom is 0.339 e. The summed E-state index contributed by atoms with van der Waals surface area (Å²) in [5.41, 5.74) is 0.647. The zero-order valence-electron chi connectivity index (χ0n) is 16.9. The standard InChI is InChI=1S/C20H24N4O6/c1-28-13-14-11-18(26)24(20(21-14)23-7-9-30-10-8-23)12-17(25)22-16-6-4-3-5-15(16)19(27)29-2/h3-6,11H,7-10,12-13H2,1-2H3,(H,22,25). The SMILES string of the molecule is COCc1cc(=O)n(CC(=O)Nc2ccccc2C(=O)OC)c(N2CCOCC2)n1. The van der Waals surface area contributed by atoms with Gasteiger partial charge in [0.25, 0.3) is 5.56 Å². The molecule has 1 aromatic heterocycles. The molecule has 2 aromatic rings. The van der Waals surface area contributed by atoms with Gasteiger partial charge in [-0.15, -0.1) is 0 Å². The topological polar surface area (TPSA) is 112 Å². The van der Waals surface area contributed by atoms with E-state index >= 15 is 0 Å². The molecule has 1 saturated heterocycles. The first kappa shape index (κ1) is 21.5. The van der Waals surface area contributed by atoms with Gasteiger partial charge in [0.2, 0.25) is 11.9 Å². The lowest BCUT2D eigenvalue weighted by molar-refractivity contribution is -0.116. The van der Waals surface area contributed by atoms with E-state index in [2.05, 4.69) is 10.3 Å². The van der Waals surface area contributed by atoms with Gasteiger partial charge in [0.05, 0.1) is 43.9 Å². The van der Waals surface area contributed by atoms with Crippen LogP contribution in [0.1, 0.15) is 16.1 Å². The Morgan fingerprint density at radius 2 is 1.93 bits per heavy atom. The number of amides is 1. The predicted octanol–water partition coefficient (Wildman–Crippen LogP) is 0.652. The predicted molar refractivity (Wildman–Crippen MR) is 109 cm³/mol. The number of ether oxygens (including phenoxy) is 3. The minimum absolute atomic E-state index is 0.187. The number of para-hydroxylation sites is 1. The number of rotatable bonds is 7. The molecule has 0 aliphatic carbocycles. The normalized spacial score (nSPS) is 13.7. The number of nitrogens with zero attached hydrogens (tertiary/aromatic N) is 3. The molecule has 0 saturated carbocycles. The van der Waals surface area contributed by atoms with Crippen LogP contribution in [0.3, 0.4) is 0 Å². The quantitative estimate of drug-likeness (QED) is 0.655. The highest BCUT2D eigenvalue weighted by atomic mass is 16.5. The molecule has 0 atom stereocenters. The van der Waals surface area contributed by atoms with Crippen LogP contribution in [-0.4, -0.2) is 62.0 Å². The second-order valence-corrected chi connectivity index (χ2v) is 6.59. The molecule has 10 nitrogen and oxygen atoms in total. The minimum atomic E-state index is -0.567. The van der Waals surface area contributed by atoms with Crippen molar-refractivity contribution in [2.24, 2.45) is 0 Å². The fraction of sp³-hybridized carbons (Fsp3) is 0.400. The summed E-state index contributed by atoms with van der Waals surface area (Å²) >= 11 is 0. The van der Waals surface area contributed by atoms with Gasteiger partial charge in [-0.2, -0.15) is 0 Å². The molecule has 1 N–H and O–H groups in total. The molecule has 1 amide bonds. The van der Waals surface area contributed by atoms with E-state index in [1.165, 1.54) is 24.9 Å². The maximum atomic E-state index is 12.7. The number of carbonyl (C=O) groups is 2. The number of esters is 1. The van der Waals surface area contributed by atoms with Crippen molar-refractivity contribution in [3.8, 4) is 0 Å². The van der Waals surface area contributed by atoms with Gasteiger partial charge < -0.3 is 24.4 Å². The number of morpholine rings is 1. The van der Waals surface area contributed by atoms with E-state index < -0.39 is 11.9 Å². The van der Waals surface area contributed by atoms with Gasteiger partial charge in [-0.25, -0.2) is 9.78 Å². The molecule has 1 aliphatic rings. The van der Waals surface area contributed by atoms with Crippen LogP contribution in [0.2, 0.25) is 0 Å². The molecule has 1 aromatic carbocycles. The van der Waals surface area contributed by atoms with E-state index in [1.807, 2.05) is 4.90 Å². The summed E-state index contributed by atoms with van der Waals surface area (Å²) in [6.45, 7) is 2.03. The first-order valence-electron chi connectivity index (χ1n) is 9.43. The van der Waals surface area contributed by atoms with Crippen molar-refractivity contribution in [1.29, 1.82) is 0 Å². The fourth-order valence-electron chi connectivity index (χ4n) is 3.13. The molecule has 2 heterocycles. The van der Waals surface area contributed by atoms with Gasteiger partial charge in [-0.3, -0.25) is 14.2 Å². The number of anilines is 2. The average Bonchev–Trinajstić information content (AvgIpc) is 2.76. The van der Waals surface area contributed by atoms with Crippen molar-refractivity contribution < 1.29 is 23.8 Å². The lowest BCUT2D eigenvalue weighted by atomic mass is 10.2. The first-order valence-corrected chi connectivity index (χ1v) is 9.43. The third kappa shape index (κ3) is 5.02. The third-order valence-electron chi connectivity index (χ3n) is 4.54. The van der Waals surface area contributed by atoms with Gasteiger partial charge in [-0.1, -0.05) is 12.1 Å². The number of methoxy groups -OCH3 is 2. The summed E-state index contributed by atoms with van der Waals surface area (Å²) in [6.07, 6.45) is 0. The monoisotopic (exact) mass is 416 g/mol. The van der Waals surface area contributed by atoms with E-state index in [9.17, 15) is 14.4 Å². The molecule has 0 spiro atoms. The third-order valence-corrected chi connectivity index (χ3v) is 4.54. The number of hydrogen-bond donors (Lipinski definition) is 1. The van der Waals surface area contributed by atoms with Crippen molar-refractivity contribution >= 4 is 23.5 Å². The van der Waals surface area contributed by atoms with Gasteiger partial charge in [0.1, 0.15) is 6.54 Å². The van der Waals surface area contributed by atoms with E-state index in [1.54, 1.807) is 24.3 Å². The van der Waals surface area contributed by atoms with Crippen LogP contribution in [-0.2, 0) is 32.2 Å². The Balaban J connectivity index is 1.87. The van der Waals surface area contributed by atoms with Gasteiger partial charge in [0, 0.05) is 26.3 Å². The van der Waals surface area contributed by atoms with Crippen LogP contribution in [0, 0.1) is 0 Å². The van der Waals surface area contributed by atoms with Crippen LogP contribution in [0.15, 0.2) is 35.1 Å². The largest absolute Gasteiger partial charge is 0.465 e. The smallest absolute Gasteiger partial charge is 0.339 e. The van der Waals surface area contributed by atoms with Crippen LogP contribution in [0.5, 0.6) is 0 Å². The summed E-state index contributed by atoms with van der Waals surface area (Å²) in [6, 6.07) is 7.85. The Bertz CT molecular complexity index is 968. The summed E-state index contributed by atoms with van der Waals surface area (Å²) in [4.78, 5) is 43.8. The van der Waals surface area contributed by atoms with Crippen molar-refractivity contribution in [1.82, 2.24) is 9.55 Å². The highest BCUT2D eigenvalue weighted by Crippen LogP contribution is 2.17. The second kappa shape index (κ2) is 9.99. The number of nitrogens with one attached hydrogen (secondary N) is 1. The average molecular weight is 416 g/mol. The van der Waals surface area contributed by atoms with E-state index in [0.717, 1.165) is 0 Å². The van der Waals surface area contributed by atoms with E-state index in [-0.39, 0.29) is 24.3 Å². The van der Waals surface area contributed by atoms with E-state index in [4.69, 9.17) is 14.2 Å². The Morgan fingerprint density at radius 1 is 1.20 bits per heavy atom. The number of aromatic nitrogens is 2. The molecule has 1 fully saturated rings. The van der Waals surface area contributed by atoms with Gasteiger partial charge in [0.15, 0.2) is 0 Å². The molecule has 10 heteroatoms. The number of carbonyl (C=O) groups excluding carboxylic acids is 2. The van der Waals surface area contributed by atoms with Crippen molar-refractivity contribution in [2.45, 2.75) is 13.2 Å². The molecule has 0 radical (unpaired) electrons. The zero-order valence-corrected chi connectivity index (χ0v) is 16.9. The minimum Gasteiger partial charge on any atom is -0.465 e. The Morgan fingerprint density at radius 3 is 2.63 bits per heavy atom. The van der Waals surface area contributed by atoms with Gasteiger partial charge >= 0.3 is 5.97 Å². The molecular formula is C20H24N4O6.